The zero-order chi connectivity index (χ0) is 20.2. The first kappa shape index (κ1) is 18.3. The number of carbonyl (C=O) groups is 2. The second kappa shape index (κ2) is 7.87. The zero-order valence-corrected chi connectivity index (χ0v) is 15.6. The van der Waals surface area contributed by atoms with E-state index in [2.05, 4.69) is 27.5 Å². The molecule has 6 heteroatoms. The SMILES string of the molecule is Cc1cccc(C#Cc2ccc(Oc3ccncc3C3NC(=O)NC3=O)cc2)c1. The van der Waals surface area contributed by atoms with Crippen molar-refractivity contribution in [2.24, 2.45) is 0 Å². The maximum Gasteiger partial charge on any atom is 0.322 e. The van der Waals surface area contributed by atoms with Gasteiger partial charge < -0.3 is 10.1 Å². The van der Waals surface area contributed by atoms with Gasteiger partial charge in [-0.3, -0.25) is 15.1 Å². The number of amides is 3. The van der Waals surface area contributed by atoms with Crippen LogP contribution in [0.3, 0.4) is 0 Å². The van der Waals surface area contributed by atoms with Crippen molar-refractivity contribution in [3.05, 3.63) is 89.2 Å². The van der Waals surface area contributed by atoms with Gasteiger partial charge in [0.1, 0.15) is 17.5 Å². The van der Waals surface area contributed by atoms with Gasteiger partial charge in [0.25, 0.3) is 5.91 Å². The molecule has 1 aliphatic heterocycles. The number of urea groups is 1. The van der Waals surface area contributed by atoms with Crippen LogP contribution < -0.4 is 15.4 Å². The van der Waals surface area contributed by atoms with Crippen molar-refractivity contribution >= 4 is 11.9 Å². The average molecular weight is 383 g/mol. The molecule has 0 spiro atoms. The number of rotatable bonds is 3. The fourth-order valence-electron chi connectivity index (χ4n) is 2.94. The van der Waals surface area contributed by atoms with E-state index >= 15 is 0 Å². The van der Waals surface area contributed by atoms with Crippen molar-refractivity contribution in [3.63, 3.8) is 0 Å². The highest BCUT2D eigenvalue weighted by atomic mass is 16.5. The molecule has 1 fully saturated rings. The number of hydrogen-bond acceptors (Lipinski definition) is 4. The number of carbonyl (C=O) groups excluding carboxylic acids is 2. The van der Waals surface area contributed by atoms with Crippen LogP contribution in [0, 0.1) is 18.8 Å². The zero-order valence-electron chi connectivity index (χ0n) is 15.6. The van der Waals surface area contributed by atoms with Crippen LogP contribution in [0.1, 0.15) is 28.3 Å². The van der Waals surface area contributed by atoms with Crippen LogP contribution in [-0.4, -0.2) is 16.9 Å². The lowest BCUT2D eigenvalue weighted by Gasteiger charge is -2.13. The molecule has 1 atom stereocenters. The van der Waals surface area contributed by atoms with Gasteiger partial charge in [-0.25, -0.2) is 4.79 Å². The van der Waals surface area contributed by atoms with Crippen LogP contribution in [0.2, 0.25) is 0 Å². The topological polar surface area (TPSA) is 80.3 Å². The van der Waals surface area contributed by atoms with Gasteiger partial charge in [-0.2, -0.15) is 0 Å². The molecular formula is C23H17N3O3. The monoisotopic (exact) mass is 383 g/mol. The lowest BCUT2D eigenvalue weighted by molar-refractivity contribution is -0.120. The summed E-state index contributed by atoms with van der Waals surface area (Å²) < 4.78 is 5.92. The summed E-state index contributed by atoms with van der Waals surface area (Å²) in [4.78, 5) is 27.4. The standard InChI is InChI=1S/C23H17N3O3/c1-15-3-2-4-17(13-15)6-5-16-7-9-18(10-8-16)29-20-11-12-24-14-19(20)21-22(27)26-23(28)25-21/h2-4,7-14,21H,1H3,(H2,25,26,27,28). The number of ether oxygens (including phenoxy) is 1. The minimum Gasteiger partial charge on any atom is -0.457 e. The van der Waals surface area contributed by atoms with E-state index < -0.39 is 18.0 Å². The van der Waals surface area contributed by atoms with E-state index in [-0.39, 0.29) is 0 Å². The number of aromatic nitrogens is 1. The summed E-state index contributed by atoms with van der Waals surface area (Å²) in [7, 11) is 0. The molecule has 0 saturated carbocycles. The Morgan fingerprint density at radius 3 is 2.52 bits per heavy atom. The van der Waals surface area contributed by atoms with Crippen LogP contribution in [0.5, 0.6) is 11.5 Å². The van der Waals surface area contributed by atoms with E-state index in [9.17, 15) is 9.59 Å². The quantitative estimate of drug-likeness (QED) is 0.536. The van der Waals surface area contributed by atoms with Gasteiger partial charge in [-0.1, -0.05) is 24.0 Å². The molecule has 4 rings (SSSR count). The lowest BCUT2D eigenvalue weighted by Crippen LogP contribution is -2.22. The fraction of sp³-hybridized carbons (Fsp3) is 0.0870. The number of benzene rings is 2. The molecule has 1 aliphatic rings. The first-order chi connectivity index (χ1) is 14.1. The summed E-state index contributed by atoms with van der Waals surface area (Å²) >= 11 is 0. The molecule has 2 N–H and O–H groups in total. The van der Waals surface area contributed by atoms with Crippen LogP contribution >= 0.6 is 0 Å². The van der Waals surface area contributed by atoms with Crippen LogP contribution in [-0.2, 0) is 4.79 Å². The molecule has 0 radical (unpaired) electrons. The third kappa shape index (κ3) is 4.25. The summed E-state index contributed by atoms with van der Waals surface area (Å²) in [6.45, 7) is 2.03. The number of hydrogen-bond donors (Lipinski definition) is 2. The van der Waals surface area contributed by atoms with Crippen molar-refractivity contribution in [1.82, 2.24) is 15.6 Å². The Hall–Kier alpha value is -4.11. The summed E-state index contributed by atoms with van der Waals surface area (Å²) in [6.07, 6.45) is 3.07. The molecular weight excluding hydrogens is 366 g/mol. The van der Waals surface area contributed by atoms with Gasteiger partial charge in [0, 0.05) is 29.1 Å². The van der Waals surface area contributed by atoms with E-state index in [0.717, 1.165) is 11.1 Å². The molecule has 1 unspecified atom stereocenters. The third-order valence-corrected chi connectivity index (χ3v) is 4.35. The predicted octanol–water partition coefficient (Wildman–Crippen LogP) is 3.46. The molecule has 1 saturated heterocycles. The Kier molecular flexibility index (Phi) is 4.95. The highest BCUT2D eigenvalue weighted by Gasteiger charge is 2.33. The van der Waals surface area contributed by atoms with Crippen LogP contribution in [0.15, 0.2) is 67.0 Å². The van der Waals surface area contributed by atoms with Crippen LogP contribution in [0.4, 0.5) is 4.79 Å². The maximum absolute atomic E-state index is 12.0. The summed E-state index contributed by atoms with van der Waals surface area (Å²) in [5.41, 5.74) is 3.47. The van der Waals surface area contributed by atoms with Crippen molar-refractivity contribution in [1.29, 1.82) is 0 Å². The van der Waals surface area contributed by atoms with E-state index in [1.807, 2.05) is 43.3 Å². The summed E-state index contributed by atoms with van der Waals surface area (Å²) in [5, 5.41) is 4.76. The molecule has 3 aromatic rings. The number of nitrogens with zero attached hydrogens (tertiary/aromatic N) is 1. The van der Waals surface area contributed by atoms with Crippen molar-refractivity contribution < 1.29 is 14.3 Å². The van der Waals surface area contributed by atoms with Gasteiger partial charge >= 0.3 is 6.03 Å². The van der Waals surface area contributed by atoms with E-state index in [1.54, 1.807) is 24.4 Å². The fourth-order valence-corrected chi connectivity index (χ4v) is 2.94. The molecule has 2 aromatic carbocycles. The largest absolute Gasteiger partial charge is 0.457 e. The second-order valence-corrected chi connectivity index (χ2v) is 6.56. The molecule has 0 bridgehead atoms. The maximum atomic E-state index is 12.0. The number of pyridine rings is 1. The minimum absolute atomic E-state index is 0.436. The van der Waals surface area contributed by atoms with E-state index in [4.69, 9.17) is 4.74 Å². The first-order valence-electron chi connectivity index (χ1n) is 9.00. The molecule has 29 heavy (non-hydrogen) atoms. The minimum atomic E-state index is -0.828. The Labute approximate surface area is 167 Å². The number of nitrogens with one attached hydrogen (secondary N) is 2. The molecule has 0 aliphatic carbocycles. The van der Waals surface area contributed by atoms with Crippen molar-refractivity contribution in [2.45, 2.75) is 13.0 Å². The van der Waals surface area contributed by atoms with Gasteiger partial charge in [0.05, 0.1) is 0 Å². The highest BCUT2D eigenvalue weighted by molar-refractivity contribution is 6.04. The number of imide groups is 1. The van der Waals surface area contributed by atoms with Gasteiger partial charge in [-0.05, 0) is 55.0 Å². The van der Waals surface area contributed by atoms with E-state index in [1.165, 1.54) is 11.8 Å². The summed E-state index contributed by atoms with van der Waals surface area (Å²) in [6, 6.07) is 15.6. The third-order valence-electron chi connectivity index (χ3n) is 4.35. The van der Waals surface area contributed by atoms with Gasteiger partial charge in [0.15, 0.2) is 0 Å². The summed E-state index contributed by atoms with van der Waals surface area (Å²) in [5.74, 6) is 6.87. The Morgan fingerprint density at radius 2 is 1.79 bits per heavy atom. The van der Waals surface area contributed by atoms with E-state index in [0.29, 0.717) is 17.1 Å². The smallest absolute Gasteiger partial charge is 0.322 e. The molecule has 1 aromatic heterocycles. The Bertz CT molecular complexity index is 1140. The Morgan fingerprint density at radius 1 is 1.00 bits per heavy atom. The Balaban J connectivity index is 1.52. The first-order valence-corrected chi connectivity index (χ1v) is 9.00. The number of aryl methyl sites for hydroxylation is 1. The van der Waals surface area contributed by atoms with Gasteiger partial charge in [-0.15, -0.1) is 0 Å². The second-order valence-electron chi connectivity index (χ2n) is 6.56. The molecule has 3 amide bonds. The highest BCUT2D eigenvalue weighted by Crippen LogP contribution is 2.30. The predicted molar refractivity (Wildman–Crippen MR) is 107 cm³/mol. The molecule has 6 nitrogen and oxygen atoms in total. The van der Waals surface area contributed by atoms with Crippen LogP contribution in [0.25, 0.3) is 0 Å². The van der Waals surface area contributed by atoms with Gasteiger partial charge in [0.2, 0.25) is 0 Å². The average Bonchev–Trinajstić information content (AvgIpc) is 3.06. The van der Waals surface area contributed by atoms with Crippen molar-refractivity contribution in [2.75, 3.05) is 0 Å². The van der Waals surface area contributed by atoms with Crippen molar-refractivity contribution in [3.8, 4) is 23.3 Å². The molecule has 2 heterocycles. The molecule has 142 valence electrons. The normalized spacial score (nSPS) is 15.1. The lowest BCUT2D eigenvalue weighted by atomic mass is 10.1.